The second-order valence-electron chi connectivity index (χ2n) is 12.4. The van der Waals surface area contributed by atoms with Crippen LogP contribution >= 0.6 is 11.3 Å². The molecule has 3 heterocycles. The van der Waals surface area contributed by atoms with E-state index in [9.17, 15) is 0 Å². The summed E-state index contributed by atoms with van der Waals surface area (Å²) in [5.41, 5.74) is 9.10. The van der Waals surface area contributed by atoms with Crippen LogP contribution in [0.5, 0.6) is 0 Å². The summed E-state index contributed by atoms with van der Waals surface area (Å²) in [7, 11) is 0. The second-order valence-corrected chi connectivity index (χ2v) is 13.5. The standard InChI is InChI=1S/C45H27N3OS/c1-3-10-28(11-4-1)29-18-20-31(21-19-29)44-46-43(30-12-5-2-6-13-30)47-45(48-44)33-22-24-35-38-26-32(23-25-39(38)49-40(35)27-33)34-15-9-16-37-36-14-7-8-17-41(36)50-42(34)37/h1-27H. The van der Waals surface area contributed by atoms with E-state index in [1.807, 2.05) is 53.8 Å². The van der Waals surface area contributed by atoms with Gasteiger partial charge in [-0.25, -0.2) is 15.0 Å². The number of nitrogens with zero attached hydrogens (tertiary/aromatic N) is 3. The lowest BCUT2D eigenvalue weighted by Gasteiger charge is -2.09. The molecule has 0 aliphatic rings. The summed E-state index contributed by atoms with van der Waals surface area (Å²) in [4.78, 5) is 14.9. The molecule has 10 aromatic rings. The fourth-order valence-corrected chi connectivity index (χ4v) is 8.09. The molecule has 5 heteroatoms. The van der Waals surface area contributed by atoms with Gasteiger partial charge in [0.2, 0.25) is 0 Å². The quantitative estimate of drug-likeness (QED) is 0.185. The Hall–Kier alpha value is -6.43. The molecule has 0 fully saturated rings. The molecule has 0 aliphatic carbocycles. The van der Waals surface area contributed by atoms with Crippen LogP contribution in [0, 0.1) is 0 Å². The fourth-order valence-electron chi connectivity index (χ4n) is 6.85. The van der Waals surface area contributed by atoms with Crippen LogP contribution in [-0.2, 0) is 0 Å². The maximum Gasteiger partial charge on any atom is 0.164 e. The van der Waals surface area contributed by atoms with E-state index in [2.05, 4.69) is 121 Å². The molecule has 0 aliphatic heterocycles. The van der Waals surface area contributed by atoms with Gasteiger partial charge in [0, 0.05) is 47.6 Å². The molecule has 0 saturated carbocycles. The largest absolute Gasteiger partial charge is 0.456 e. The van der Waals surface area contributed by atoms with E-state index in [0.29, 0.717) is 17.5 Å². The summed E-state index contributed by atoms with van der Waals surface area (Å²) in [6.07, 6.45) is 0. The molecular weight excluding hydrogens is 631 g/mol. The predicted octanol–water partition coefficient (Wildman–Crippen LogP) is 12.5. The van der Waals surface area contributed by atoms with E-state index in [0.717, 1.165) is 44.2 Å². The van der Waals surface area contributed by atoms with Crippen LogP contribution in [0.25, 0.3) is 98.5 Å². The molecule has 0 N–H and O–H groups in total. The highest BCUT2D eigenvalue weighted by Gasteiger charge is 2.16. The van der Waals surface area contributed by atoms with Gasteiger partial charge >= 0.3 is 0 Å². The lowest BCUT2D eigenvalue weighted by Crippen LogP contribution is -2.00. The SMILES string of the molecule is c1ccc(-c2ccc(-c3nc(-c4ccccc4)nc(-c4ccc5c(c4)oc4ccc(-c6cccc7c6sc6ccccc67)cc45)n3)cc2)cc1. The van der Waals surface area contributed by atoms with Gasteiger partial charge < -0.3 is 4.42 Å². The number of hydrogen-bond donors (Lipinski definition) is 0. The van der Waals surface area contributed by atoms with Crippen molar-refractivity contribution in [2.45, 2.75) is 0 Å². The molecule has 0 amide bonds. The molecule has 0 bridgehead atoms. The van der Waals surface area contributed by atoms with E-state index in [1.165, 1.54) is 36.9 Å². The highest BCUT2D eigenvalue weighted by molar-refractivity contribution is 7.26. The van der Waals surface area contributed by atoms with Crippen LogP contribution in [0.4, 0.5) is 0 Å². The van der Waals surface area contributed by atoms with Crippen molar-refractivity contribution < 1.29 is 4.42 Å². The van der Waals surface area contributed by atoms with E-state index >= 15 is 0 Å². The molecule has 234 valence electrons. The first kappa shape index (κ1) is 28.6. The van der Waals surface area contributed by atoms with Crippen LogP contribution in [-0.4, -0.2) is 15.0 Å². The minimum absolute atomic E-state index is 0.598. The van der Waals surface area contributed by atoms with Gasteiger partial charge in [-0.2, -0.15) is 0 Å². The molecule has 7 aromatic carbocycles. The summed E-state index contributed by atoms with van der Waals surface area (Å²) < 4.78 is 9.06. The van der Waals surface area contributed by atoms with E-state index < -0.39 is 0 Å². The first-order valence-corrected chi connectivity index (χ1v) is 17.4. The number of thiophene rings is 1. The van der Waals surface area contributed by atoms with Crippen molar-refractivity contribution in [1.82, 2.24) is 15.0 Å². The Morgan fingerprint density at radius 2 is 0.940 bits per heavy atom. The van der Waals surface area contributed by atoms with Gasteiger partial charge in [-0.1, -0.05) is 133 Å². The lowest BCUT2D eigenvalue weighted by molar-refractivity contribution is 0.669. The van der Waals surface area contributed by atoms with Gasteiger partial charge in [0.25, 0.3) is 0 Å². The zero-order valence-corrected chi connectivity index (χ0v) is 27.6. The number of rotatable bonds is 5. The van der Waals surface area contributed by atoms with Gasteiger partial charge in [0.15, 0.2) is 17.5 Å². The topological polar surface area (TPSA) is 51.8 Å². The zero-order valence-electron chi connectivity index (χ0n) is 26.7. The molecular formula is C45H27N3OS. The summed E-state index contributed by atoms with van der Waals surface area (Å²) >= 11 is 1.85. The van der Waals surface area contributed by atoms with E-state index in [4.69, 9.17) is 19.4 Å². The molecule has 3 aromatic heterocycles. The molecule has 0 atom stereocenters. The molecule has 0 spiro atoms. The van der Waals surface area contributed by atoms with Gasteiger partial charge in [0.1, 0.15) is 11.2 Å². The van der Waals surface area contributed by atoms with Crippen LogP contribution in [0.1, 0.15) is 0 Å². The molecule has 0 saturated heterocycles. The number of hydrogen-bond acceptors (Lipinski definition) is 5. The van der Waals surface area contributed by atoms with Crippen LogP contribution < -0.4 is 0 Å². The molecule has 10 rings (SSSR count). The normalized spacial score (nSPS) is 11.6. The van der Waals surface area contributed by atoms with E-state index in [1.54, 1.807) is 0 Å². The third-order valence-corrected chi connectivity index (χ3v) is 10.6. The van der Waals surface area contributed by atoms with E-state index in [-0.39, 0.29) is 0 Å². The molecule has 4 nitrogen and oxygen atoms in total. The summed E-state index contributed by atoms with van der Waals surface area (Å²) in [6, 6.07) is 56.8. The van der Waals surface area contributed by atoms with Crippen molar-refractivity contribution in [1.29, 1.82) is 0 Å². The van der Waals surface area contributed by atoms with Gasteiger partial charge in [-0.05, 0) is 52.6 Å². The number of fused-ring (bicyclic) bond motifs is 6. The highest BCUT2D eigenvalue weighted by Crippen LogP contribution is 2.41. The van der Waals surface area contributed by atoms with Crippen molar-refractivity contribution in [3.05, 3.63) is 164 Å². The number of aromatic nitrogens is 3. The fraction of sp³-hybridized carbons (Fsp3) is 0. The summed E-state index contributed by atoms with van der Waals surface area (Å²) in [5, 5.41) is 4.74. The Kier molecular flexibility index (Phi) is 6.64. The van der Waals surface area contributed by atoms with Gasteiger partial charge in [0.05, 0.1) is 0 Å². The van der Waals surface area contributed by atoms with Crippen LogP contribution in [0.2, 0.25) is 0 Å². The minimum Gasteiger partial charge on any atom is -0.456 e. The van der Waals surface area contributed by atoms with Crippen molar-refractivity contribution in [3.63, 3.8) is 0 Å². The van der Waals surface area contributed by atoms with Crippen molar-refractivity contribution in [3.8, 4) is 56.4 Å². The van der Waals surface area contributed by atoms with Crippen LogP contribution in [0.15, 0.2) is 168 Å². The second kappa shape index (κ2) is 11.6. The highest BCUT2D eigenvalue weighted by atomic mass is 32.1. The Morgan fingerprint density at radius 1 is 0.360 bits per heavy atom. The van der Waals surface area contributed by atoms with Crippen LogP contribution in [0.3, 0.4) is 0 Å². The average molecular weight is 658 g/mol. The van der Waals surface area contributed by atoms with Crippen molar-refractivity contribution in [2.24, 2.45) is 0 Å². The lowest BCUT2D eigenvalue weighted by atomic mass is 10.0. The molecule has 0 radical (unpaired) electrons. The Bertz CT molecular complexity index is 2860. The maximum absolute atomic E-state index is 6.46. The third kappa shape index (κ3) is 4.87. The first-order chi connectivity index (χ1) is 24.7. The first-order valence-electron chi connectivity index (χ1n) is 16.6. The van der Waals surface area contributed by atoms with Gasteiger partial charge in [-0.3, -0.25) is 0 Å². The molecule has 50 heavy (non-hydrogen) atoms. The monoisotopic (exact) mass is 657 g/mol. The zero-order chi connectivity index (χ0) is 33.0. The number of benzene rings is 7. The third-order valence-electron chi connectivity index (χ3n) is 9.36. The Labute approximate surface area is 292 Å². The minimum atomic E-state index is 0.598. The van der Waals surface area contributed by atoms with Crippen molar-refractivity contribution in [2.75, 3.05) is 0 Å². The smallest absolute Gasteiger partial charge is 0.164 e. The summed E-state index contributed by atoms with van der Waals surface area (Å²) in [5.74, 6) is 1.85. The van der Waals surface area contributed by atoms with Gasteiger partial charge in [-0.15, -0.1) is 11.3 Å². The summed E-state index contributed by atoms with van der Waals surface area (Å²) in [6.45, 7) is 0. The number of furan rings is 1. The predicted molar refractivity (Wildman–Crippen MR) is 207 cm³/mol. The molecule has 0 unspecified atom stereocenters. The Morgan fingerprint density at radius 3 is 1.72 bits per heavy atom. The average Bonchev–Trinajstić information content (AvgIpc) is 3.76. The maximum atomic E-state index is 6.46. The van der Waals surface area contributed by atoms with Crippen molar-refractivity contribution >= 4 is 53.4 Å². The Balaban J connectivity index is 1.07.